The molecule has 1 aromatic heterocycles. The number of aryl methyl sites for hydroxylation is 1. The van der Waals surface area contributed by atoms with E-state index in [-0.39, 0.29) is 5.82 Å². The number of hydrogen-bond donors (Lipinski definition) is 0. The lowest BCUT2D eigenvalue weighted by molar-refractivity contribution is 0.414. The van der Waals surface area contributed by atoms with Crippen molar-refractivity contribution in [2.75, 3.05) is 7.11 Å². The maximum atomic E-state index is 13.5. The zero-order chi connectivity index (χ0) is 16.4. The minimum absolute atomic E-state index is 0.262. The van der Waals surface area contributed by atoms with Crippen molar-refractivity contribution in [3.05, 3.63) is 65.6 Å². The third kappa shape index (κ3) is 2.79. The van der Waals surface area contributed by atoms with Gasteiger partial charge in [0.2, 0.25) is 0 Å². The van der Waals surface area contributed by atoms with E-state index in [2.05, 4.69) is 5.10 Å². The quantitative estimate of drug-likeness (QED) is 0.738. The summed E-state index contributed by atoms with van der Waals surface area (Å²) in [5.41, 5.74) is 3.12. The minimum atomic E-state index is -0.262. The predicted octanol–water partition coefficient (Wildman–Crippen LogP) is 3.87. The number of nitriles is 1. The lowest BCUT2D eigenvalue weighted by atomic mass is 10.1. The first-order chi connectivity index (χ1) is 11.1. The molecular weight excluding hydrogens is 293 g/mol. The van der Waals surface area contributed by atoms with Crippen molar-refractivity contribution in [3.8, 4) is 28.8 Å². The van der Waals surface area contributed by atoms with Crippen LogP contribution < -0.4 is 4.74 Å². The van der Waals surface area contributed by atoms with Crippen LogP contribution in [0.2, 0.25) is 0 Å². The maximum absolute atomic E-state index is 13.5. The van der Waals surface area contributed by atoms with Gasteiger partial charge in [-0.2, -0.15) is 10.4 Å². The summed E-state index contributed by atoms with van der Waals surface area (Å²) in [6.45, 7) is 1.70. The van der Waals surface area contributed by atoms with E-state index >= 15 is 0 Å². The summed E-state index contributed by atoms with van der Waals surface area (Å²) in [5.74, 6) is 0.430. The molecule has 5 heteroatoms. The molecule has 3 rings (SSSR count). The van der Waals surface area contributed by atoms with Gasteiger partial charge in [-0.1, -0.05) is 6.07 Å². The first kappa shape index (κ1) is 14.8. The molecule has 0 unspecified atom stereocenters. The number of nitrogens with zero attached hydrogens (tertiary/aromatic N) is 3. The number of rotatable bonds is 3. The first-order valence-electron chi connectivity index (χ1n) is 7.03. The summed E-state index contributed by atoms with van der Waals surface area (Å²) in [4.78, 5) is 0. The largest absolute Gasteiger partial charge is 0.497 e. The van der Waals surface area contributed by atoms with Gasteiger partial charge >= 0.3 is 0 Å². The number of hydrogen-bond acceptors (Lipinski definition) is 3. The molecule has 0 spiro atoms. The zero-order valence-corrected chi connectivity index (χ0v) is 12.7. The van der Waals surface area contributed by atoms with E-state index in [0.717, 1.165) is 16.9 Å². The fourth-order valence-corrected chi connectivity index (χ4v) is 2.38. The van der Waals surface area contributed by atoms with E-state index in [1.165, 1.54) is 6.07 Å². The second-order valence-corrected chi connectivity index (χ2v) is 5.10. The maximum Gasteiger partial charge on any atom is 0.163 e. The summed E-state index contributed by atoms with van der Waals surface area (Å²) in [5, 5.41) is 13.5. The lowest BCUT2D eigenvalue weighted by Crippen LogP contribution is -2.00. The third-order valence-corrected chi connectivity index (χ3v) is 3.58. The van der Waals surface area contributed by atoms with Crippen LogP contribution in [0, 0.1) is 24.1 Å². The Hall–Kier alpha value is -3.13. The van der Waals surface area contributed by atoms with E-state index in [1.807, 2.05) is 30.3 Å². The topological polar surface area (TPSA) is 50.8 Å². The monoisotopic (exact) mass is 307 g/mol. The Morgan fingerprint density at radius 3 is 2.70 bits per heavy atom. The number of ether oxygens (including phenoxy) is 1. The molecule has 0 saturated heterocycles. The van der Waals surface area contributed by atoms with Gasteiger partial charge in [0.1, 0.15) is 17.6 Å². The highest BCUT2D eigenvalue weighted by molar-refractivity contribution is 5.64. The highest BCUT2D eigenvalue weighted by atomic mass is 19.1. The normalized spacial score (nSPS) is 10.3. The Kier molecular flexibility index (Phi) is 3.82. The Balaban J connectivity index is 2.19. The average Bonchev–Trinajstić information content (AvgIpc) is 3.02. The molecular formula is C18H14FN3O. The smallest absolute Gasteiger partial charge is 0.163 e. The molecule has 0 aliphatic rings. The Morgan fingerprint density at radius 2 is 2.00 bits per heavy atom. The van der Waals surface area contributed by atoms with Crippen LogP contribution in [0.4, 0.5) is 4.39 Å². The van der Waals surface area contributed by atoms with Gasteiger partial charge in [0, 0.05) is 17.7 Å². The van der Waals surface area contributed by atoms with E-state index in [4.69, 9.17) is 10.00 Å². The van der Waals surface area contributed by atoms with Gasteiger partial charge in [-0.05, 0) is 42.8 Å². The molecule has 2 aromatic carbocycles. The molecule has 0 radical (unpaired) electrons. The first-order valence-corrected chi connectivity index (χ1v) is 7.03. The molecule has 1 heterocycles. The van der Waals surface area contributed by atoms with Crippen molar-refractivity contribution in [3.63, 3.8) is 0 Å². The van der Waals surface area contributed by atoms with Gasteiger partial charge < -0.3 is 4.74 Å². The van der Waals surface area contributed by atoms with Crippen molar-refractivity contribution in [2.45, 2.75) is 6.92 Å². The summed E-state index contributed by atoms with van der Waals surface area (Å²) in [6, 6.07) is 15.9. The van der Waals surface area contributed by atoms with Crippen LogP contribution >= 0.6 is 0 Å². The fourth-order valence-electron chi connectivity index (χ4n) is 2.38. The molecule has 4 nitrogen and oxygen atoms in total. The Bertz CT molecular complexity index is 909. The lowest BCUT2D eigenvalue weighted by Gasteiger charge is -2.09. The van der Waals surface area contributed by atoms with Crippen LogP contribution in [0.15, 0.2) is 48.5 Å². The predicted molar refractivity (Wildman–Crippen MR) is 85.0 cm³/mol. The molecule has 3 aromatic rings. The van der Waals surface area contributed by atoms with Gasteiger partial charge in [0.05, 0.1) is 18.5 Å². The van der Waals surface area contributed by atoms with Crippen molar-refractivity contribution in [2.24, 2.45) is 0 Å². The molecule has 0 N–H and O–H groups in total. The molecule has 0 saturated carbocycles. The molecule has 23 heavy (non-hydrogen) atoms. The number of aromatic nitrogens is 2. The molecule has 0 bridgehead atoms. The van der Waals surface area contributed by atoms with Crippen LogP contribution in [0.1, 0.15) is 11.3 Å². The summed E-state index contributed by atoms with van der Waals surface area (Å²) in [6.07, 6.45) is 0. The van der Waals surface area contributed by atoms with E-state index in [9.17, 15) is 4.39 Å². The van der Waals surface area contributed by atoms with Crippen molar-refractivity contribution < 1.29 is 9.13 Å². The van der Waals surface area contributed by atoms with Crippen LogP contribution in [0.5, 0.6) is 5.75 Å². The minimum Gasteiger partial charge on any atom is -0.497 e. The average molecular weight is 307 g/mol. The van der Waals surface area contributed by atoms with Gasteiger partial charge in [-0.15, -0.1) is 0 Å². The SMILES string of the molecule is COc1cccc(-n2nc(C#N)cc2-c2ccc(F)c(C)c2)c1. The van der Waals surface area contributed by atoms with Crippen LogP contribution in [-0.2, 0) is 0 Å². The van der Waals surface area contributed by atoms with Crippen LogP contribution in [-0.4, -0.2) is 16.9 Å². The summed E-state index contributed by atoms with van der Waals surface area (Å²) in [7, 11) is 1.59. The molecule has 0 atom stereocenters. The van der Waals surface area contributed by atoms with Gasteiger partial charge in [0.25, 0.3) is 0 Å². The van der Waals surface area contributed by atoms with Gasteiger partial charge in [-0.25, -0.2) is 9.07 Å². The van der Waals surface area contributed by atoms with E-state index < -0.39 is 0 Å². The zero-order valence-electron chi connectivity index (χ0n) is 12.7. The Morgan fingerprint density at radius 1 is 1.17 bits per heavy atom. The second kappa shape index (κ2) is 5.93. The van der Waals surface area contributed by atoms with E-state index in [1.54, 1.807) is 36.9 Å². The molecule has 0 amide bonds. The second-order valence-electron chi connectivity index (χ2n) is 5.10. The van der Waals surface area contributed by atoms with Gasteiger partial charge in [0.15, 0.2) is 5.69 Å². The fraction of sp³-hybridized carbons (Fsp3) is 0.111. The number of benzene rings is 2. The van der Waals surface area contributed by atoms with Crippen molar-refractivity contribution >= 4 is 0 Å². The number of halogens is 1. The summed E-state index contributed by atoms with van der Waals surface area (Å²) < 4.78 is 20.4. The molecule has 114 valence electrons. The molecule has 0 fully saturated rings. The van der Waals surface area contributed by atoms with Crippen LogP contribution in [0.3, 0.4) is 0 Å². The molecule has 0 aliphatic heterocycles. The third-order valence-electron chi connectivity index (χ3n) is 3.58. The number of methoxy groups -OCH3 is 1. The van der Waals surface area contributed by atoms with E-state index in [0.29, 0.717) is 17.0 Å². The Labute approximate surface area is 133 Å². The van der Waals surface area contributed by atoms with Crippen molar-refractivity contribution in [1.82, 2.24) is 9.78 Å². The highest BCUT2D eigenvalue weighted by Gasteiger charge is 2.13. The summed E-state index contributed by atoms with van der Waals surface area (Å²) >= 11 is 0. The van der Waals surface area contributed by atoms with Crippen LogP contribution in [0.25, 0.3) is 16.9 Å². The highest BCUT2D eigenvalue weighted by Crippen LogP contribution is 2.27. The molecule has 0 aliphatic carbocycles. The van der Waals surface area contributed by atoms with Gasteiger partial charge in [-0.3, -0.25) is 0 Å². The van der Waals surface area contributed by atoms with Crippen molar-refractivity contribution in [1.29, 1.82) is 5.26 Å². The standard InChI is InChI=1S/C18H14FN3O/c1-12-8-13(6-7-17(12)19)18-9-14(11-20)21-22(18)15-4-3-5-16(10-15)23-2/h3-10H,1-2H3.